The molecule has 0 aliphatic carbocycles. The number of hydrogen-bond donors (Lipinski definition) is 3. The Kier molecular flexibility index (Phi) is 5.97. The third kappa shape index (κ3) is 3.88. The van der Waals surface area contributed by atoms with Gasteiger partial charge in [0.15, 0.2) is 6.29 Å². The van der Waals surface area contributed by atoms with Crippen LogP contribution in [0, 0.1) is 0 Å². The van der Waals surface area contributed by atoms with E-state index in [1.165, 1.54) is 0 Å². The summed E-state index contributed by atoms with van der Waals surface area (Å²) in [5.41, 5.74) is 0. The second-order valence-electron chi connectivity index (χ2n) is 5.04. The van der Waals surface area contributed by atoms with Crippen LogP contribution in [0.5, 0.6) is 0 Å². The van der Waals surface area contributed by atoms with Gasteiger partial charge in [-0.15, -0.1) is 0 Å². The molecule has 0 radical (unpaired) electrons. The molecule has 0 aromatic heterocycles. The van der Waals surface area contributed by atoms with Crippen LogP contribution in [0.4, 0.5) is 0 Å². The summed E-state index contributed by atoms with van der Waals surface area (Å²) in [5, 5.41) is 29.2. The molecule has 0 unspecified atom stereocenters. The Morgan fingerprint density at radius 3 is 2.00 bits per heavy atom. The van der Waals surface area contributed by atoms with Crippen LogP contribution in [0.3, 0.4) is 0 Å². The van der Waals surface area contributed by atoms with Crippen LogP contribution < -0.4 is 0 Å². The van der Waals surface area contributed by atoms with Gasteiger partial charge in [-0.05, 0) is 27.7 Å². The van der Waals surface area contributed by atoms with Crippen molar-refractivity contribution in [2.75, 3.05) is 6.61 Å². The standard InChI is InChI=1S/C12H24O6/c1-6(2)16-11-8(5-13)18-12(17-7(3)4)10(15)9(11)14/h6-15H,5H2,1-4H3/t8-,9-,10+,11-,12+/m1/s1. The maximum absolute atomic E-state index is 10.0. The molecular formula is C12H24O6. The Bertz CT molecular complexity index is 243. The summed E-state index contributed by atoms with van der Waals surface area (Å²) >= 11 is 0. The normalized spacial score (nSPS) is 37.5. The zero-order valence-electron chi connectivity index (χ0n) is 11.3. The fourth-order valence-electron chi connectivity index (χ4n) is 1.92. The van der Waals surface area contributed by atoms with Gasteiger partial charge in [0.2, 0.25) is 0 Å². The van der Waals surface area contributed by atoms with Gasteiger partial charge in [0.05, 0.1) is 18.8 Å². The van der Waals surface area contributed by atoms with Crippen molar-refractivity contribution in [1.82, 2.24) is 0 Å². The van der Waals surface area contributed by atoms with E-state index in [4.69, 9.17) is 14.2 Å². The predicted octanol–water partition coefficient (Wildman–Crippen LogP) is -0.356. The summed E-state index contributed by atoms with van der Waals surface area (Å²) in [6, 6.07) is 0. The molecule has 0 amide bonds. The average molecular weight is 264 g/mol. The van der Waals surface area contributed by atoms with E-state index >= 15 is 0 Å². The maximum atomic E-state index is 10.0. The molecule has 18 heavy (non-hydrogen) atoms. The van der Waals surface area contributed by atoms with Crippen LogP contribution in [-0.2, 0) is 14.2 Å². The van der Waals surface area contributed by atoms with Crippen LogP contribution in [0.2, 0.25) is 0 Å². The van der Waals surface area contributed by atoms with Crippen LogP contribution in [0.15, 0.2) is 0 Å². The van der Waals surface area contributed by atoms with E-state index in [-0.39, 0.29) is 18.8 Å². The molecule has 0 bridgehead atoms. The Balaban J connectivity index is 2.74. The Morgan fingerprint density at radius 2 is 1.56 bits per heavy atom. The van der Waals surface area contributed by atoms with Crippen molar-refractivity contribution >= 4 is 0 Å². The fourth-order valence-corrected chi connectivity index (χ4v) is 1.92. The van der Waals surface area contributed by atoms with Gasteiger partial charge in [0.1, 0.15) is 24.4 Å². The van der Waals surface area contributed by atoms with Crippen molar-refractivity contribution in [2.45, 2.75) is 70.6 Å². The van der Waals surface area contributed by atoms with Crippen molar-refractivity contribution in [3.8, 4) is 0 Å². The Morgan fingerprint density at radius 1 is 1.00 bits per heavy atom. The van der Waals surface area contributed by atoms with E-state index in [2.05, 4.69) is 0 Å². The van der Waals surface area contributed by atoms with Crippen molar-refractivity contribution in [3.63, 3.8) is 0 Å². The fraction of sp³-hybridized carbons (Fsp3) is 1.00. The van der Waals surface area contributed by atoms with Crippen molar-refractivity contribution in [3.05, 3.63) is 0 Å². The van der Waals surface area contributed by atoms with E-state index in [1.54, 1.807) is 13.8 Å². The minimum atomic E-state index is -1.20. The minimum absolute atomic E-state index is 0.142. The van der Waals surface area contributed by atoms with E-state index in [0.717, 1.165) is 0 Å². The lowest BCUT2D eigenvalue weighted by atomic mass is 9.98. The summed E-state index contributed by atoms with van der Waals surface area (Å²) < 4.78 is 16.3. The first-order chi connectivity index (χ1) is 8.36. The molecule has 6 heteroatoms. The summed E-state index contributed by atoms with van der Waals surface area (Å²) in [6.45, 7) is 6.91. The van der Waals surface area contributed by atoms with Gasteiger partial charge in [-0.1, -0.05) is 0 Å². The quantitative estimate of drug-likeness (QED) is 0.629. The van der Waals surface area contributed by atoms with Crippen molar-refractivity contribution in [2.24, 2.45) is 0 Å². The zero-order valence-corrected chi connectivity index (χ0v) is 11.3. The zero-order chi connectivity index (χ0) is 13.9. The van der Waals surface area contributed by atoms with Gasteiger partial charge in [-0.2, -0.15) is 0 Å². The van der Waals surface area contributed by atoms with Gasteiger partial charge < -0.3 is 29.5 Å². The molecule has 5 atom stereocenters. The third-order valence-corrected chi connectivity index (χ3v) is 2.66. The van der Waals surface area contributed by atoms with Crippen molar-refractivity contribution < 1.29 is 29.5 Å². The number of rotatable bonds is 5. The lowest BCUT2D eigenvalue weighted by molar-refractivity contribution is -0.317. The smallest absolute Gasteiger partial charge is 0.186 e. The average Bonchev–Trinajstić information content (AvgIpc) is 2.27. The summed E-state index contributed by atoms with van der Waals surface area (Å²) in [4.78, 5) is 0. The van der Waals surface area contributed by atoms with Gasteiger partial charge in [0, 0.05) is 0 Å². The highest BCUT2D eigenvalue weighted by Crippen LogP contribution is 2.25. The highest BCUT2D eigenvalue weighted by Gasteiger charge is 2.46. The van der Waals surface area contributed by atoms with E-state index < -0.39 is 30.7 Å². The van der Waals surface area contributed by atoms with Crippen LogP contribution >= 0.6 is 0 Å². The molecule has 1 aliphatic rings. The topological polar surface area (TPSA) is 88.4 Å². The second-order valence-corrected chi connectivity index (χ2v) is 5.04. The Labute approximate surface area is 107 Å². The molecule has 1 saturated heterocycles. The number of hydrogen-bond acceptors (Lipinski definition) is 6. The molecule has 6 nitrogen and oxygen atoms in total. The van der Waals surface area contributed by atoms with Gasteiger partial charge in [0.25, 0.3) is 0 Å². The molecule has 0 aromatic carbocycles. The highest BCUT2D eigenvalue weighted by atomic mass is 16.7. The second kappa shape index (κ2) is 6.79. The van der Waals surface area contributed by atoms with Crippen molar-refractivity contribution in [1.29, 1.82) is 0 Å². The monoisotopic (exact) mass is 264 g/mol. The van der Waals surface area contributed by atoms with E-state index in [1.807, 2.05) is 13.8 Å². The highest BCUT2D eigenvalue weighted by molar-refractivity contribution is 4.90. The van der Waals surface area contributed by atoms with Gasteiger partial charge in [-0.3, -0.25) is 0 Å². The first-order valence-electron chi connectivity index (χ1n) is 6.30. The SMILES string of the molecule is CC(C)O[C@H]1O[C@H](CO)[C@@H](OC(C)C)[C@H](O)[C@@H]1O. The molecule has 1 fully saturated rings. The van der Waals surface area contributed by atoms with Gasteiger partial charge >= 0.3 is 0 Å². The molecule has 1 aliphatic heterocycles. The lowest BCUT2D eigenvalue weighted by Gasteiger charge is -2.42. The lowest BCUT2D eigenvalue weighted by Crippen LogP contribution is -2.60. The molecule has 3 N–H and O–H groups in total. The van der Waals surface area contributed by atoms with E-state index in [9.17, 15) is 15.3 Å². The number of ether oxygens (including phenoxy) is 3. The number of aliphatic hydroxyl groups excluding tert-OH is 3. The van der Waals surface area contributed by atoms with Crippen LogP contribution in [0.1, 0.15) is 27.7 Å². The number of aliphatic hydroxyl groups is 3. The molecule has 1 rings (SSSR count). The molecule has 0 saturated carbocycles. The van der Waals surface area contributed by atoms with Gasteiger partial charge in [-0.25, -0.2) is 0 Å². The summed E-state index contributed by atoms with van der Waals surface area (Å²) in [6.07, 6.45) is -5.08. The third-order valence-electron chi connectivity index (χ3n) is 2.66. The molecule has 0 aromatic rings. The Hall–Kier alpha value is -0.240. The first kappa shape index (κ1) is 15.8. The summed E-state index contributed by atoms with van der Waals surface area (Å²) in [5.74, 6) is 0. The van der Waals surface area contributed by atoms with Crippen LogP contribution in [-0.4, -0.2) is 64.8 Å². The molecule has 108 valence electrons. The first-order valence-corrected chi connectivity index (χ1v) is 6.30. The minimum Gasteiger partial charge on any atom is -0.394 e. The summed E-state index contributed by atoms with van der Waals surface area (Å²) in [7, 11) is 0. The van der Waals surface area contributed by atoms with E-state index in [0.29, 0.717) is 0 Å². The molecule has 1 heterocycles. The maximum Gasteiger partial charge on any atom is 0.186 e. The largest absolute Gasteiger partial charge is 0.394 e. The predicted molar refractivity (Wildman–Crippen MR) is 64.0 cm³/mol. The molecule has 0 spiro atoms. The molecular weight excluding hydrogens is 240 g/mol. The van der Waals surface area contributed by atoms with Crippen LogP contribution in [0.25, 0.3) is 0 Å².